The Morgan fingerprint density at radius 1 is 1.17 bits per heavy atom. The van der Waals surface area contributed by atoms with Crippen molar-refractivity contribution >= 4 is 35.0 Å². The smallest absolute Gasteiger partial charge is 0.290 e. The summed E-state index contributed by atoms with van der Waals surface area (Å²) in [4.78, 5) is 33.4. The second-order valence-electron chi connectivity index (χ2n) is 5.99. The van der Waals surface area contributed by atoms with Gasteiger partial charge in [0.25, 0.3) is 11.4 Å². The Kier molecular flexibility index (Phi) is 4.63. The van der Waals surface area contributed by atoms with Crippen LogP contribution in [0.1, 0.15) is 12.8 Å². The third kappa shape index (κ3) is 4.03. The van der Waals surface area contributed by atoms with Crippen LogP contribution in [-0.4, -0.2) is 45.6 Å². The molecule has 29 heavy (non-hydrogen) atoms. The first-order valence-electron chi connectivity index (χ1n) is 8.20. The van der Waals surface area contributed by atoms with Gasteiger partial charge < -0.3 is 11.1 Å². The lowest BCUT2D eigenvalue weighted by molar-refractivity contribution is -0.396. The number of nitrogens with two attached hydrogens (primary N) is 1. The van der Waals surface area contributed by atoms with Gasteiger partial charge in [0.05, 0.1) is 20.8 Å². The normalized spacial score (nSPS) is 13.2. The molecule has 1 fully saturated rings. The molecule has 0 bridgehead atoms. The van der Waals surface area contributed by atoms with E-state index < -0.39 is 15.5 Å². The molecular formula is C14H12N10O4S. The molecule has 3 N–H and O–H groups in total. The highest BCUT2D eigenvalue weighted by Gasteiger charge is 2.24. The van der Waals surface area contributed by atoms with Gasteiger partial charge in [0.2, 0.25) is 23.0 Å². The number of rotatable bonds is 7. The number of non-ortho nitro benzene ring substituents is 1. The fourth-order valence-electron chi connectivity index (χ4n) is 2.34. The molecule has 2 heterocycles. The molecule has 0 amide bonds. The number of benzene rings is 1. The highest BCUT2D eigenvalue weighted by Crippen LogP contribution is 2.36. The van der Waals surface area contributed by atoms with Crippen LogP contribution in [0.4, 0.5) is 23.3 Å². The quantitative estimate of drug-likeness (QED) is 0.417. The summed E-state index contributed by atoms with van der Waals surface area (Å²) in [6, 6.07) is 3.64. The Bertz CT molecular complexity index is 1120. The van der Waals surface area contributed by atoms with E-state index in [4.69, 9.17) is 5.73 Å². The molecule has 1 aromatic carbocycles. The number of hydrogen-bond acceptors (Lipinski definition) is 12. The lowest BCUT2D eigenvalue weighted by Crippen LogP contribution is -2.12. The van der Waals surface area contributed by atoms with Crippen molar-refractivity contribution in [2.24, 2.45) is 0 Å². The van der Waals surface area contributed by atoms with Crippen molar-refractivity contribution in [2.75, 3.05) is 11.1 Å². The minimum Gasteiger partial charge on any atom is -0.368 e. The Hall–Kier alpha value is -3.88. The third-order valence-electron chi connectivity index (χ3n) is 3.83. The van der Waals surface area contributed by atoms with E-state index in [9.17, 15) is 20.2 Å². The highest BCUT2D eigenvalue weighted by molar-refractivity contribution is 7.99. The van der Waals surface area contributed by atoms with E-state index in [-0.39, 0.29) is 27.6 Å². The van der Waals surface area contributed by atoms with Crippen LogP contribution in [0.3, 0.4) is 0 Å². The van der Waals surface area contributed by atoms with Crippen LogP contribution in [0.5, 0.6) is 0 Å². The summed E-state index contributed by atoms with van der Waals surface area (Å²) >= 11 is 0.893. The number of nitro benzene ring substituents is 2. The molecule has 0 radical (unpaired) electrons. The Morgan fingerprint density at radius 3 is 2.66 bits per heavy atom. The molecule has 1 aliphatic carbocycles. The number of hydrogen-bond donors (Lipinski definition) is 2. The maximum absolute atomic E-state index is 11.3. The fourth-order valence-corrected chi connectivity index (χ4v) is 3.23. The molecule has 3 aromatic rings. The van der Waals surface area contributed by atoms with Crippen molar-refractivity contribution in [3.8, 4) is 5.95 Å². The molecular weight excluding hydrogens is 404 g/mol. The summed E-state index contributed by atoms with van der Waals surface area (Å²) in [5.74, 6) is 0.433. The van der Waals surface area contributed by atoms with Crippen LogP contribution in [0.25, 0.3) is 5.95 Å². The Labute approximate surface area is 165 Å². The van der Waals surface area contributed by atoms with Crippen LogP contribution in [-0.2, 0) is 0 Å². The van der Waals surface area contributed by atoms with Gasteiger partial charge in [-0.1, -0.05) is 0 Å². The van der Waals surface area contributed by atoms with Gasteiger partial charge in [-0.25, -0.2) is 4.57 Å². The lowest BCUT2D eigenvalue weighted by Gasteiger charge is -2.08. The highest BCUT2D eigenvalue weighted by atomic mass is 32.2. The number of nitro groups is 2. The first kappa shape index (κ1) is 18.5. The summed E-state index contributed by atoms with van der Waals surface area (Å²) < 4.78 is 1.39. The average molecular weight is 416 g/mol. The van der Waals surface area contributed by atoms with Crippen molar-refractivity contribution in [1.29, 1.82) is 0 Å². The molecule has 2 aromatic heterocycles. The van der Waals surface area contributed by atoms with Crippen molar-refractivity contribution in [3.63, 3.8) is 0 Å². The molecule has 15 heteroatoms. The van der Waals surface area contributed by atoms with Gasteiger partial charge in [0.15, 0.2) is 0 Å². The first-order valence-corrected chi connectivity index (χ1v) is 9.01. The van der Waals surface area contributed by atoms with Crippen LogP contribution < -0.4 is 11.1 Å². The van der Waals surface area contributed by atoms with Gasteiger partial charge >= 0.3 is 0 Å². The summed E-state index contributed by atoms with van der Waals surface area (Å²) in [6.07, 6.45) is 3.35. The lowest BCUT2D eigenvalue weighted by atomic mass is 10.3. The first-order chi connectivity index (χ1) is 13.9. The van der Waals surface area contributed by atoms with E-state index in [2.05, 4.69) is 30.5 Å². The predicted molar refractivity (Wildman–Crippen MR) is 99.7 cm³/mol. The zero-order valence-electron chi connectivity index (χ0n) is 14.5. The molecule has 0 atom stereocenters. The number of nitrogens with one attached hydrogen (secondary N) is 1. The monoisotopic (exact) mass is 416 g/mol. The molecule has 148 valence electrons. The zero-order chi connectivity index (χ0) is 20.5. The summed E-state index contributed by atoms with van der Waals surface area (Å²) in [7, 11) is 0. The number of nitrogens with zero attached hydrogens (tertiary/aromatic N) is 8. The van der Waals surface area contributed by atoms with Gasteiger partial charge in [0.1, 0.15) is 6.33 Å². The minimum absolute atomic E-state index is 0.0101. The molecule has 0 aliphatic heterocycles. The molecule has 1 saturated carbocycles. The number of anilines is 2. The van der Waals surface area contributed by atoms with Gasteiger partial charge in [0, 0.05) is 12.1 Å². The standard InChI is InChI=1S/C14H12N10O4S/c15-11-18-12(17-7-1-2-7)20-13(19-11)22-6-16-21-14(22)29-10-4-3-8(23(25)26)5-9(10)24(27)28/h3-7H,1-2H2,(H3,15,17,18,19,20). The number of aromatic nitrogens is 6. The molecule has 1 aliphatic rings. The topological polar surface area (TPSA) is 194 Å². The summed E-state index contributed by atoms with van der Waals surface area (Å²) in [6.45, 7) is 0. The van der Waals surface area contributed by atoms with Gasteiger partial charge in [-0.15, -0.1) is 10.2 Å². The van der Waals surface area contributed by atoms with E-state index in [1.807, 2.05) is 0 Å². The molecule has 0 saturated heterocycles. The maximum Gasteiger partial charge on any atom is 0.290 e. The minimum atomic E-state index is -0.702. The van der Waals surface area contributed by atoms with Crippen LogP contribution in [0, 0.1) is 20.2 Å². The van der Waals surface area contributed by atoms with E-state index >= 15 is 0 Å². The molecule has 4 rings (SSSR count). The Balaban J connectivity index is 1.68. The average Bonchev–Trinajstić information content (AvgIpc) is 3.36. The van der Waals surface area contributed by atoms with Crippen molar-refractivity contribution < 1.29 is 9.85 Å². The summed E-state index contributed by atoms with van der Waals surface area (Å²) in [5.41, 5.74) is 4.95. The zero-order valence-corrected chi connectivity index (χ0v) is 15.3. The molecule has 0 unspecified atom stereocenters. The van der Waals surface area contributed by atoms with E-state index in [1.54, 1.807) is 0 Å². The predicted octanol–water partition coefficient (Wildman–Crippen LogP) is 1.58. The van der Waals surface area contributed by atoms with Crippen LogP contribution in [0.15, 0.2) is 34.6 Å². The Morgan fingerprint density at radius 2 is 1.97 bits per heavy atom. The second-order valence-corrected chi connectivity index (χ2v) is 7.00. The van der Waals surface area contributed by atoms with Gasteiger partial charge in [-0.05, 0) is 30.7 Å². The van der Waals surface area contributed by atoms with E-state index in [1.165, 1.54) is 23.0 Å². The maximum atomic E-state index is 11.3. The largest absolute Gasteiger partial charge is 0.368 e. The van der Waals surface area contributed by atoms with E-state index in [0.29, 0.717) is 12.0 Å². The SMILES string of the molecule is Nc1nc(NC2CC2)nc(-n2cnnc2Sc2ccc([N+](=O)[O-])cc2[N+](=O)[O-])n1. The van der Waals surface area contributed by atoms with Crippen LogP contribution >= 0.6 is 11.8 Å². The number of nitrogen functional groups attached to an aromatic ring is 1. The molecule has 0 spiro atoms. The van der Waals surface area contributed by atoms with Gasteiger partial charge in [-0.2, -0.15) is 15.0 Å². The van der Waals surface area contributed by atoms with Crippen molar-refractivity contribution in [3.05, 3.63) is 44.8 Å². The van der Waals surface area contributed by atoms with Crippen LogP contribution in [0.2, 0.25) is 0 Å². The molecule has 14 nitrogen and oxygen atoms in total. The van der Waals surface area contributed by atoms with Crippen molar-refractivity contribution in [1.82, 2.24) is 29.7 Å². The van der Waals surface area contributed by atoms with E-state index in [0.717, 1.165) is 30.7 Å². The second kappa shape index (κ2) is 7.27. The fraction of sp³-hybridized carbons (Fsp3) is 0.214. The van der Waals surface area contributed by atoms with Crippen molar-refractivity contribution in [2.45, 2.75) is 28.9 Å². The van der Waals surface area contributed by atoms with Gasteiger partial charge in [-0.3, -0.25) is 20.2 Å². The third-order valence-corrected chi connectivity index (χ3v) is 4.86. The summed E-state index contributed by atoms with van der Waals surface area (Å²) in [5, 5.41) is 33.3.